The molecular formula is C19H20ClNO3. The van der Waals surface area contributed by atoms with Gasteiger partial charge in [0.2, 0.25) is 5.91 Å². The molecule has 1 atom stereocenters. The molecule has 2 aromatic rings. The van der Waals surface area contributed by atoms with Crippen molar-refractivity contribution in [2.75, 3.05) is 18.5 Å². The summed E-state index contributed by atoms with van der Waals surface area (Å²) >= 11 is 6.26. The Morgan fingerprint density at radius 1 is 1.17 bits per heavy atom. The first-order chi connectivity index (χ1) is 11.6. The van der Waals surface area contributed by atoms with Gasteiger partial charge < -0.3 is 14.8 Å². The molecule has 3 rings (SSSR count). The van der Waals surface area contributed by atoms with Crippen LogP contribution in [-0.4, -0.2) is 19.1 Å². The molecule has 0 fully saturated rings. The fourth-order valence-electron chi connectivity index (χ4n) is 2.66. The molecule has 4 nitrogen and oxygen atoms in total. The molecule has 1 unspecified atom stereocenters. The lowest BCUT2D eigenvalue weighted by Crippen LogP contribution is -2.14. The lowest BCUT2D eigenvalue weighted by molar-refractivity contribution is -0.116. The van der Waals surface area contributed by atoms with Gasteiger partial charge in [-0.2, -0.15) is 0 Å². The number of ether oxygens (including phenoxy) is 2. The van der Waals surface area contributed by atoms with Crippen LogP contribution in [0.15, 0.2) is 42.5 Å². The lowest BCUT2D eigenvalue weighted by Gasteiger charge is -2.14. The second-order valence-electron chi connectivity index (χ2n) is 5.89. The summed E-state index contributed by atoms with van der Waals surface area (Å²) in [6, 6.07) is 13.4. The first-order valence-corrected chi connectivity index (χ1v) is 8.45. The van der Waals surface area contributed by atoms with E-state index in [0.717, 1.165) is 12.0 Å². The molecule has 0 spiro atoms. The first kappa shape index (κ1) is 16.7. The lowest BCUT2D eigenvalue weighted by atomic mass is 9.97. The number of amides is 1. The fraction of sp³-hybridized carbons (Fsp3) is 0.316. The second-order valence-corrected chi connectivity index (χ2v) is 6.30. The predicted octanol–water partition coefficient (Wildman–Crippen LogP) is 4.63. The van der Waals surface area contributed by atoms with E-state index in [-0.39, 0.29) is 11.8 Å². The van der Waals surface area contributed by atoms with Crippen LogP contribution in [0.5, 0.6) is 11.5 Å². The van der Waals surface area contributed by atoms with E-state index < -0.39 is 0 Å². The van der Waals surface area contributed by atoms with Crippen LogP contribution in [0.25, 0.3) is 0 Å². The van der Waals surface area contributed by atoms with Crippen LogP contribution in [0.4, 0.5) is 5.69 Å². The van der Waals surface area contributed by atoms with E-state index in [1.807, 2.05) is 37.3 Å². The Morgan fingerprint density at radius 3 is 2.54 bits per heavy atom. The molecule has 0 radical (unpaired) electrons. The summed E-state index contributed by atoms with van der Waals surface area (Å²) in [5, 5.41) is 3.32. The number of carbonyl (C=O) groups is 1. The Labute approximate surface area is 146 Å². The Kier molecular flexibility index (Phi) is 5.26. The minimum absolute atomic E-state index is 0.0808. The monoisotopic (exact) mass is 345 g/mol. The largest absolute Gasteiger partial charge is 0.490 e. The number of hydrogen-bond donors (Lipinski definition) is 1. The average Bonchev–Trinajstić information content (AvgIpc) is 2.81. The van der Waals surface area contributed by atoms with Crippen molar-refractivity contribution in [3.8, 4) is 11.5 Å². The van der Waals surface area contributed by atoms with Crippen molar-refractivity contribution in [2.45, 2.75) is 25.7 Å². The van der Waals surface area contributed by atoms with Crippen LogP contribution < -0.4 is 14.8 Å². The Morgan fingerprint density at radius 2 is 1.83 bits per heavy atom. The van der Waals surface area contributed by atoms with Gasteiger partial charge in [0.1, 0.15) is 0 Å². The summed E-state index contributed by atoms with van der Waals surface area (Å²) < 4.78 is 11.2. The first-order valence-electron chi connectivity index (χ1n) is 8.07. The highest BCUT2D eigenvalue weighted by Crippen LogP contribution is 2.37. The zero-order valence-electron chi connectivity index (χ0n) is 13.5. The fourth-order valence-corrected chi connectivity index (χ4v) is 2.86. The number of fused-ring (bicyclic) bond motifs is 1. The number of halogens is 1. The molecule has 1 amide bonds. The maximum absolute atomic E-state index is 12.3. The molecule has 0 saturated carbocycles. The zero-order valence-corrected chi connectivity index (χ0v) is 14.3. The summed E-state index contributed by atoms with van der Waals surface area (Å²) in [7, 11) is 0. The second kappa shape index (κ2) is 7.58. The van der Waals surface area contributed by atoms with Crippen LogP contribution in [-0.2, 0) is 4.79 Å². The minimum atomic E-state index is -0.0808. The molecule has 0 aliphatic carbocycles. The molecular weight excluding hydrogens is 326 g/mol. The van der Waals surface area contributed by atoms with Gasteiger partial charge in [-0.3, -0.25) is 4.79 Å². The molecule has 1 aliphatic heterocycles. The Bertz CT molecular complexity index is 718. The van der Waals surface area contributed by atoms with Gasteiger partial charge in [0.05, 0.1) is 23.9 Å². The van der Waals surface area contributed by atoms with Gasteiger partial charge in [0.15, 0.2) is 11.5 Å². The predicted molar refractivity (Wildman–Crippen MR) is 95.2 cm³/mol. The van der Waals surface area contributed by atoms with Crippen LogP contribution in [0, 0.1) is 0 Å². The van der Waals surface area contributed by atoms with Crippen LogP contribution in [0.1, 0.15) is 31.2 Å². The maximum Gasteiger partial charge on any atom is 0.225 e. The van der Waals surface area contributed by atoms with Gasteiger partial charge in [0, 0.05) is 25.0 Å². The number of carbonyl (C=O) groups excluding carboxylic acids is 1. The van der Waals surface area contributed by atoms with Crippen molar-refractivity contribution < 1.29 is 14.3 Å². The number of nitrogens with one attached hydrogen (secondary N) is 1. The molecule has 0 saturated heterocycles. The van der Waals surface area contributed by atoms with E-state index in [2.05, 4.69) is 5.32 Å². The molecule has 126 valence electrons. The highest BCUT2D eigenvalue weighted by molar-refractivity contribution is 6.34. The molecule has 24 heavy (non-hydrogen) atoms. The van der Waals surface area contributed by atoms with E-state index >= 15 is 0 Å². The van der Waals surface area contributed by atoms with Crippen LogP contribution in [0.2, 0.25) is 5.02 Å². The number of anilines is 1. The third-order valence-electron chi connectivity index (χ3n) is 3.97. The number of benzene rings is 2. The van der Waals surface area contributed by atoms with Gasteiger partial charge in [-0.05, 0) is 11.5 Å². The van der Waals surface area contributed by atoms with Crippen LogP contribution >= 0.6 is 11.6 Å². The van der Waals surface area contributed by atoms with Crippen molar-refractivity contribution in [1.29, 1.82) is 0 Å². The summed E-state index contributed by atoms with van der Waals surface area (Å²) in [5.74, 6) is 1.28. The normalized spacial score (nSPS) is 14.6. The zero-order chi connectivity index (χ0) is 16.9. The van der Waals surface area contributed by atoms with Gasteiger partial charge >= 0.3 is 0 Å². The molecule has 1 N–H and O–H groups in total. The highest BCUT2D eigenvalue weighted by Gasteiger charge is 2.17. The Hall–Kier alpha value is -2.20. The quantitative estimate of drug-likeness (QED) is 0.878. The van der Waals surface area contributed by atoms with Gasteiger partial charge in [-0.1, -0.05) is 48.9 Å². The van der Waals surface area contributed by atoms with Crippen molar-refractivity contribution in [1.82, 2.24) is 0 Å². The summed E-state index contributed by atoms with van der Waals surface area (Å²) in [5.41, 5.74) is 1.68. The highest BCUT2D eigenvalue weighted by atomic mass is 35.5. The number of rotatable bonds is 4. The van der Waals surface area contributed by atoms with E-state index in [4.69, 9.17) is 21.1 Å². The third kappa shape index (κ3) is 4.01. The summed E-state index contributed by atoms with van der Waals surface area (Å²) in [6.07, 6.45) is 1.21. The van der Waals surface area contributed by atoms with Crippen molar-refractivity contribution in [3.63, 3.8) is 0 Å². The maximum atomic E-state index is 12.3. The molecule has 0 aromatic heterocycles. The van der Waals surface area contributed by atoms with E-state index in [1.54, 1.807) is 12.1 Å². The van der Waals surface area contributed by atoms with E-state index in [0.29, 0.717) is 41.8 Å². The van der Waals surface area contributed by atoms with E-state index in [9.17, 15) is 4.79 Å². The Balaban J connectivity index is 1.69. The van der Waals surface area contributed by atoms with Crippen molar-refractivity contribution in [2.24, 2.45) is 0 Å². The van der Waals surface area contributed by atoms with Gasteiger partial charge in [-0.25, -0.2) is 0 Å². The molecule has 5 heteroatoms. The standard InChI is InChI=1S/C19H20ClNO3/c1-13(14-6-3-2-4-7-14)10-19(22)21-16-12-18-17(11-15(16)20)23-8-5-9-24-18/h2-4,6-7,11-13H,5,8-10H2,1H3,(H,21,22). The topological polar surface area (TPSA) is 47.6 Å². The minimum Gasteiger partial charge on any atom is -0.490 e. The average molecular weight is 346 g/mol. The number of hydrogen-bond acceptors (Lipinski definition) is 3. The summed E-state index contributed by atoms with van der Waals surface area (Å²) in [6.45, 7) is 3.22. The van der Waals surface area contributed by atoms with Gasteiger partial charge in [0.25, 0.3) is 0 Å². The van der Waals surface area contributed by atoms with Gasteiger partial charge in [-0.15, -0.1) is 0 Å². The van der Waals surface area contributed by atoms with E-state index in [1.165, 1.54) is 0 Å². The van der Waals surface area contributed by atoms with Crippen molar-refractivity contribution in [3.05, 3.63) is 53.1 Å². The molecule has 1 aliphatic rings. The molecule has 1 heterocycles. The molecule has 0 bridgehead atoms. The van der Waals surface area contributed by atoms with Crippen molar-refractivity contribution >= 4 is 23.2 Å². The molecule has 2 aromatic carbocycles. The SMILES string of the molecule is CC(CC(=O)Nc1cc2c(cc1Cl)OCCCO2)c1ccccc1. The van der Waals surface area contributed by atoms with Crippen LogP contribution in [0.3, 0.4) is 0 Å². The third-order valence-corrected chi connectivity index (χ3v) is 4.28. The summed E-state index contributed by atoms with van der Waals surface area (Å²) in [4.78, 5) is 12.3. The smallest absolute Gasteiger partial charge is 0.225 e.